The summed E-state index contributed by atoms with van der Waals surface area (Å²) in [5.74, 6) is -0.815. The maximum atomic E-state index is 12.6. The number of fused-ring (bicyclic) bond motifs is 1. The van der Waals surface area contributed by atoms with Gasteiger partial charge in [0.2, 0.25) is 0 Å². The molecule has 4 aromatic rings. The van der Waals surface area contributed by atoms with Crippen molar-refractivity contribution in [3.05, 3.63) is 90.3 Å². The molecule has 0 aliphatic carbocycles. The molecule has 1 aliphatic rings. The third-order valence-corrected chi connectivity index (χ3v) is 6.20. The zero-order valence-corrected chi connectivity index (χ0v) is 17.8. The monoisotopic (exact) mass is 426 g/mol. The summed E-state index contributed by atoms with van der Waals surface area (Å²) in [5, 5.41) is 11.3. The van der Waals surface area contributed by atoms with Gasteiger partial charge >= 0.3 is 5.97 Å². The summed E-state index contributed by atoms with van der Waals surface area (Å²) in [7, 11) is 0. The molecule has 2 aromatic carbocycles. The Labute approximate surface area is 187 Å². The van der Waals surface area contributed by atoms with Crippen LogP contribution in [0.15, 0.2) is 79.0 Å². The van der Waals surface area contributed by atoms with Gasteiger partial charge in [-0.15, -0.1) is 0 Å². The van der Waals surface area contributed by atoms with Crippen molar-refractivity contribution in [1.82, 2.24) is 19.8 Å². The van der Waals surface area contributed by atoms with Crippen LogP contribution in [0.5, 0.6) is 0 Å². The molecule has 0 spiro atoms. The Morgan fingerprint density at radius 1 is 0.938 bits per heavy atom. The smallest absolute Gasteiger partial charge is 0.325 e. The number of nitrogens with one attached hydrogen (secondary N) is 1. The number of carbonyl (C=O) groups is 1. The highest BCUT2D eigenvalue weighted by molar-refractivity contribution is 5.95. The standard InChI is InChI=1S/C26H26N4O2/c31-26(32)25(30-16-14-29(15-17-30)18-20-10-6-7-13-27-20)23-21-11-4-5-12-22(21)28-24(23)19-8-2-1-3-9-19/h1-13,25,28H,14-18H2,(H,31,32)/t25-/m0/s1. The predicted octanol–water partition coefficient (Wildman–Crippen LogP) is 4.17. The van der Waals surface area contributed by atoms with Crippen LogP contribution in [-0.4, -0.2) is 57.0 Å². The van der Waals surface area contributed by atoms with Gasteiger partial charge in [-0.1, -0.05) is 54.6 Å². The van der Waals surface area contributed by atoms with Crippen LogP contribution in [0.1, 0.15) is 17.3 Å². The van der Waals surface area contributed by atoms with Gasteiger partial charge in [-0.3, -0.25) is 19.6 Å². The van der Waals surface area contributed by atoms with Crippen LogP contribution in [-0.2, 0) is 11.3 Å². The minimum atomic E-state index is -0.815. The van der Waals surface area contributed by atoms with E-state index in [0.717, 1.165) is 53.1 Å². The van der Waals surface area contributed by atoms with Crippen molar-refractivity contribution in [3.8, 4) is 11.3 Å². The number of benzene rings is 2. The Balaban J connectivity index is 1.46. The molecule has 5 rings (SSSR count). The quantitative estimate of drug-likeness (QED) is 0.484. The number of rotatable bonds is 6. The van der Waals surface area contributed by atoms with Crippen molar-refractivity contribution in [2.45, 2.75) is 12.6 Å². The van der Waals surface area contributed by atoms with Crippen LogP contribution < -0.4 is 0 Å². The van der Waals surface area contributed by atoms with E-state index < -0.39 is 12.0 Å². The number of aromatic nitrogens is 2. The molecule has 32 heavy (non-hydrogen) atoms. The lowest BCUT2D eigenvalue weighted by Gasteiger charge is -2.37. The van der Waals surface area contributed by atoms with Gasteiger partial charge in [0.1, 0.15) is 6.04 Å². The van der Waals surface area contributed by atoms with E-state index in [1.165, 1.54) is 0 Å². The molecule has 1 aliphatic heterocycles. The molecule has 2 N–H and O–H groups in total. The van der Waals surface area contributed by atoms with E-state index in [2.05, 4.69) is 19.8 Å². The maximum Gasteiger partial charge on any atom is 0.325 e. The molecule has 162 valence electrons. The van der Waals surface area contributed by atoms with E-state index in [4.69, 9.17) is 0 Å². The zero-order chi connectivity index (χ0) is 21.9. The van der Waals surface area contributed by atoms with Crippen molar-refractivity contribution in [2.24, 2.45) is 0 Å². The van der Waals surface area contributed by atoms with E-state index in [9.17, 15) is 9.90 Å². The van der Waals surface area contributed by atoms with Crippen LogP contribution in [0.3, 0.4) is 0 Å². The normalized spacial score (nSPS) is 16.2. The summed E-state index contributed by atoms with van der Waals surface area (Å²) in [5.41, 5.74) is 4.73. The van der Waals surface area contributed by atoms with Gasteiger partial charge < -0.3 is 10.1 Å². The van der Waals surface area contributed by atoms with Crippen LogP contribution in [0.2, 0.25) is 0 Å². The number of nitrogens with zero attached hydrogens (tertiary/aromatic N) is 3. The number of carboxylic acid groups (broad SMARTS) is 1. The number of hydrogen-bond acceptors (Lipinski definition) is 4. The highest BCUT2D eigenvalue weighted by Gasteiger charge is 2.34. The van der Waals surface area contributed by atoms with Gasteiger partial charge in [0, 0.05) is 55.4 Å². The molecule has 6 nitrogen and oxygen atoms in total. The second kappa shape index (κ2) is 8.94. The molecule has 2 aromatic heterocycles. The van der Waals surface area contributed by atoms with Crippen LogP contribution >= 0.6 is 0 Å². The van der Waals surface area contributed by atoms with Gasteiger partial charge in [-0.05, 0) is 23.8 Å². The van der Waals surface area contributed by atoms with Crippen molar-refractivity contribution >= 4 is 16.9 Å². The van der Waals surface area contributed by atoms with Gasteiger partial charge in [0.25, 0.3) is 0 Å². The number of aromatic amines is 1. The zero-order valence-electron chi connectivity index (χ0n) is 17.8. The van der Waals surface area contributed by atoms with Crippen LogP contribution in [0.25, 0.3) is 22.2 Å². The lowest BCUT2D eigenvalue weighted by atomic mass is 9.97. The molecule has 1 atom stereocenters. The van der Waals surface area contributed by atoms with E-state index in [1.54, 1.807) is 0 Å². The minimum absolute atomic E-state index is 0.692. The molecule has 0 radical (unpaired) electrons. The Morgan fingerprint density at radius 3 is 2.38 bits per heavy atom. The highest BCUT2D eigenvalue weighted by Crippen LogP contribution is 2.37. The molecule has 0 saturated carbocycles. The Morgan fingerprint density at radius 2 is 1.66 bits per heavy atom. The van der Waals surface area contributed by atoms with Crippen LogP contribution in [0.4, 0.5) is 0 Å². The minimum Gasteiger partial charge on any atom is -0.480 e. The van der Waals surface area contributed by atoms with Gasteiger partial charge in [-0.25, -0.2) is 0 Å². The van der Waals surface area contributed by atoms with E-state index >= 15 is 0 Å². The second-order valence-corrected chi connectivity index (χ2v) is 8.20. The molecule has 0 amide bonds. The number of pyridine rings is 1. The van der Waals surface area contributed by atoms with Crippen molar-refractivity contribution in [2.75, 3.05) is 26.2 Å². The maximum absolute atomic E-state index is 12.6. The van der Waals surface area contributed by atoms with E-state index in [0.29, 0.717) is 13.1 Å². The first kappa shape index (κ1) is 20.4. The summed E-state index contributed by atoms with van der Waals surface area (Å²) >= 11 is 0. The Kier molecular flexibility index (Phi) is 5.71. The fourth-order valence-corrected chi connectivity index (χ4v) is 4.64. The number of piperazine rings is 1. The van der Waals surface area contributed by atoms with Crippen molar-refractivity contribution in [1.29, 1.82) is 0 Å². The number of aliphatic carboxylic acids is 1. The third kappa shape index (κ3) is 4.02. The van der Waals surface area contributed by atoms with Gasteiger partial charge in [-0.2, -0.15) is 0 Å². The first-order valence-electron chi connectivity index (χ1n) is 11.0. The Bertz CT molecular complexity index is 1200. The molecule has 0 unspecified atom stereocenters. The average Bonchev–Trinajstić information content (AvgIpc) is 3.21. The number of para-hydroxylation sites is 1. The average molecular weight is 427 g/mol. The lowest BCUT2D eigenvalue weighted by Crippen LogP contribution is -2.49. The number of hydrogen-bond donors (Lipinski definition) is 2. The molecular weight excluding hydrogens is 400 g/mol. The summed E-state index contributed by atoms with van der Waals surface area (Å²) in [6.07, 6.45) is 1.81. The SMILES string of the molecule is O=C(O)[C@H](c1c(-c2ccccc2)[nH]c2ccccc12)N1CCN(Cc2ccccn2)CC1. The van der Waals surface area contributed by atoms with Crippen molar-refractivity contribution in [3.63, 3.8) is 0 Å². The van der Waals surface area contributed by atoms with E-state index in [1.807, 2.05) is 79.0 Å². The topological polar surface area (TPSA) is 72.5 Å². The summed E-state index contributed by atoms with van der Waals surface area (Å²) in [6.45, 7) is 3.79. The first-order chi connectivity index (χ1) is 15.7. The first-order valence-corrected chi connectivity index (χ1v) is 11.0. The molecule has 1 saturated heterocycles. The van der Waals surface area contributed by atoms with Crippen LogP contribution in [0, 0.1) is 0 Å². The molecule has 3 heterocycles. The van der Waals surface area contributed by atoms with Crippen molar-refractivity contribution < 1.29 is 9.90 Å². The van der Waals surface area contributed by atoms with Gasteiger partial charge in [0.05, 0.1) is 11.4 Å². The fraction of sp³-hybridized carbons (Fsp3) is 0.231. The molecule has 1 fully saturated rings. The summed E-state index contributed by atoms with van der Waals surface area (Å²) in [4.78, 5) is 25.0. The lowest BCUT2D eigenvalue weighted by molar-refractivity contribution is -0.144. The molecule has 0 bridgehead atoms. The second-order valence-electron chi connectivity index (χ2n) is 8.20. The highest BCUT2D eigenvalue weighted by atomic mass is 16.4. The summed E-state index contributed by atoms with van der Waals surface area (Å²) in [6, 6.07) is 23.2. The third-order valence-electron chi connectivity index (χ3n) is 6.20. The van der Waals surface area contributed by atoms with Gasteiger partial charge in [0.15, 0.2) is 0 Å². The molecule has 6 heteroatoms. The molecular formula is C26H26N4O2. The largest absolute Gasteiger partial charge is 0.480 e. The fourth-order valence-electron chi connectivity index (χ4n) is 4.64. The number of carboxylic acids is 1. The summed E-state index contributed by atoms with van der Waals surface area (Å²) < 4.78 is 0. The predicted molar refractivity (Wildman–Crippen MR) is 125 cm³/mol. The van der Waals surface area contributed by atoms with E-state index in [-0.39, 0.29) is 0 Å². The number of H-pyrrole nitrogens is 1. The Hall–Kier alpha value is -3.48.